The number of nitrogens with zero attached hydrogens (tertiary/aromatic N) is 1. The summed E-state index contributed by atoms with van der Waals surface area (Å²) >= 11 is 2.80. The maximum absolute atomic E-state index is 12.7. The van der Waals surface area contributed by atoms with Gasteiger partial charge in [0.05, 0.1) is 12.7 Å². The predicted octanol–water partition coefficient (Wildman–Crippen LogP) is 3.90. The van der Waals surface area contributed by atoms with Crippen molar-refractivity contribution in [2.75, 3.05) is 7.11 Å². The topological polar surface area (TPSA) is 31.4 Å². The summed E-state index contributed by atoms with van der Waals surface area (Å²) in [6.07, 6.45) is -10.0. The van der Waals surface area contributed by atoms with E-state index >= 15 is 0 Å². The van der Waals surface area contributed by atoms with Crippen molar-refractivity contribution in [2.24, 2.45) is 0 Å². The molecule has 0 aromatic carbocycles. The molecular weight excluding hydrogens is 348 g/mol. The number of hydrogen-bond donors (Lipinski definition) is 0. The van der Waals surface area contributed by atoms with Gasteiger partial charge < -0.3 is 9.47 Å². The summed E-state index contributed by atoms with van der Waals surface area (Å²) in [6, 6.07) is 0.173. The molecule has 0 bridgehead atoms. The van der Waals surface area contributed by atoms with Gasteiger partial charge in [-0.25, -0.2) is 0 Å². The SMILES string of the molecule is COc1nc(OC(F)(F)F)cc(C(F)(F)F)c1CBr. The molecule has 10 heteroatoms. The Balaban J connectivity index is 3.39. The number of aromatic nitrogens is 1. The van der Waals surface area contributed by atoms with Crippen molar-refractivity contribution in [3.05, 3.63) is 17.2 Å². The summed E-state index contributed by atoms with van der Waals surface area (Å²) in [4.78, 5) is 3.23. The third-order valence-electron chi connectivity index (χ3n) is 1.92. The van der Waals surface area contributed by atoms with E-state index in [0.29, 0.717) is 0 Å². The first-order valence-corrected chi connectivity index (χ1v) is 5.67. The van der Waals surface area contributed by atoms with Crippen molar-refractivity contribution in [3.8, 4) is 11.8 Å². The Kier molecular flexibility index (Phi) is 4.54. The van der Waals surface area contributed by atoms with Gasteiger partial charge in [-0.15, -0.1) is 13.2 Å². The van der Waals surface area contributed by atoms with E-state index in [2.05, 4.69) is 30.4 Å². The first-order chi connectivity index (χ1) is 8.58. The summed E-state index contributed by atoms with van der Waals surface area (Å²) in [6.45, 7) is 0. The fourth-order valence-corrected chi connectivity index (χ4v) is 1.79. The van der Waals surface area contributed by atoms with Crippen LogP contribution >= 0.6 is 15.9 Å². The maximum Gasteiger partial charge on any atom is 0.574 e. The molecule has 0 spiro atoms. The molecule has 3 nitrogen and oxygen atoms in total. The van der Waals surface area contributed by atoms with Gasteiger partial charge in [0.15, 0.2) is 0 Å². The first-order valence-electron chi connectivity index (χ1n) is 4.55. The van der Waals surface area contributed by atoms with Gasteiger partial charge in [0.2, 0.25) is 11.8 Å². The Labute approximate surface area is 111 Å². The number of ether oxygens (including phenoxy) is 2. The van der Waals surface area contributed by atoms with Gasteiger partial charge in [-0.1, -0.05) is 15.9 Å². The van der Waals surface area contributed by atoms with Crippen LogP contribution in [0, 0.1) is 0 Å². The Bertz CT molecular complexity index is 459. The number of pyridine rings is 1. The van der Waals surface area contributed by atoms with Gasteiger partial charge in [0, 0.05) is 17.0 Å². The largest absolute Gasteiger partial charge is 0.574 e. The molecule has 0 saturated carbocycles. The van der Waals surface area contributed by atoms with Crippen molar-refractivity contribution in [1.82, 2.24) is 4.98 Å². The van der Waals surface area contributed by atoms with E-state index in [-0.39, 0.29) is 11.4 Å². The summed E-state index contributed by atoms with van der Waals surface area (Å²) in [5.74, 6) is -1.83. The lowest BCUT2D eigenvalue weighted by Crippen LogP contribution is -2.19. The molecular formula is C9H6BrF6NO2. The number of methoxy groups -OCH3 is 1. The highest BCUT2D eigenvalue weighted by atomic mass is 79.9. The summed E-state index contributed by atoms with van der Waals surface area (Å²) in [5, 5.41) is -0.287. The molecule has 1 heterocycles. The molecule has 0 fully saturated rings. The van der Waals surface area contributed by atoms with Gasteiger partial charge in [0.25, 0.3) is 0 Å². The van der Waals surface area contributed by atoms with Crippen LogP contribution in [0.4, 0.5) is 26.3 Å². The third kappa shape index (κ3) is 4.15. The summed E-state index contributed by atoms with van der Waals surface area (Å²) in [7, 11) is 0.992. The smallest absolute Gasteiger partial charge is 0.481 e. The lowest BCUT2D eigenvalue weighted by Gasteiger charge is -2.16. The van der Waals surface area contributed by atoms with Crippen LogP contribution in [0.1, 0.15) is 11.1 Å². The standard InChI is InChI=1S/C9H6BrF6NO2/c1-18-7-4(3-10)5(8(11,12)13)2-6(17-7)19-9(14,15)16/h2H,3H2,1H3. The second-order valence-electron chi connectivity index (χ2n) is 3.18. The third-order valence-corrected chi connectivity index (χ3v) is 2.48. The molecule has 0 aliphatic heterocycles. The lowest BCUT2D eigenvalue weighted by molar-refractivity contribution is -0.276. The first kappa shape index (κ1) is 15.9. The van der Waals surface area contributed by atoms with Gasteiger partial charge in [0.1, 0.15) is 0 Å². The van der Waals surface area contributed by atoms with Gasteiger partial charge in [-0.3, -0.25) is 0 Å². The average molecular weight is 354 g/mol. The van der Waals surface area contributed by atoms with Crippen LogP contribution in [0.3, 0.4) is 0 Å². The van der Waals surface area contributed by atoms with Crippen molar-refractivity contribution in [3.63, 3.8) is 0 Å². The van der Waals surface area contributed by atoms with Crippen molar-refractivity contribution < 1.29 is 35.8 Å². The minimum Gasteiger partial charge on any atom is -0.481 e. The van der Waals surface area contributed by atoms with Gasteiger partial charge in [-0.2, -0.15) is 18.2 Å². The highest BCUT2D eigenvalue weighted by molar-refractivity contribution is 9.08. The van der Waals surface area contributed by atoms with E-state index in [1.165, 1.54) is 0 Å². The van der Waals surface area contributed by atoms with Crippen LogP contribution in [0.5, 0.6) is 11.8 Å². The predicted molar refractivity (Wildman–Crippen MR) is 55.1 cm³/mol. The fraction of sp³-hybridized carbons (Fsp3) is 0.444. The Morgan fingerprint density at radius 1 is 1.21 bits per heavy atom. The monoisotopic (exact) mass is 353 g/mol. The molecule has 0 N–H and O–H groups in total. The van der Waals surface area contributed by atoms with Crippen LogP contribution in [0.25, 0.3) is 0 Å². The highest BCUT2D eigenvalue weighted by Crippen LogP contribution is 2.39. The molecule has 108 valence electrons. The lowest BCUT2D eigenvalue weighted by atomic mass is 10.1. The van der Waals surface area contributed by atoms with Crippen LogP contribution in [0.15, 0.2) is 6.07 Å². The minimum absolute atomic E-state index is 0.173. The Morgan fingerprint density at radius 2 is 1.79 bits per heavy atom. The molecule has 1 aromatic rings. The molecule has 0 radical (unpaired) electrons. The van der Waals surface area contributed by atoms with E-state index in [1.54, 1.807) is 0 Å². The number of halogens is 7. The quantitative estimate of drug-likeness (QED) is 0.610. The van der Waals surface area contributed by atoms with Crippen molar-refractivity contribution in [2.45, 2.75) is 17.9 Å². The minimum atomic E-state index is -5.14. The van der Waals surface area contributed by atoms with Crippen LogP contribution in [-0.2, 0) is 11.5 Å². The Hall–Kier alpha value is -1.19. The molecule has 0 unspecified atom stereocenters. The zero-order chi connectivity index (χ0) is 14.8. The Morgan fingerprint density at radius 3 is 2.16 bits per heavy atom. The van der Waals surface area contributed by atoms with E-state index in [1.807, 2.05) is 0 Å². The van der Waals surface area contributed by atoms with Crippen molar-refractivity contribution >= 4 is 15.9 Å². The molecule has 19 heavy (non-hydrogen) atoms. The van der Waals surface area contributed by atoms with Gasteiger partial charge >= 0.3 is 12.5 Å². The number of hydrogen-bond acceptors (Lipinski definition) is 3. The zero-order valence-corrected chi connectivity index (χ0v) is 10.8. The van der Waals surface area contributed by atoms with Crippen molar-refractivity contribution in [1.29, 1.82) is 0 Å². The summed E-state index contributed by atoms with van der Waals surface area (Å²) in [5.41, 5.74) is -1.72. The number of rotatable bonds is 3. The van der Waals surface area contributed by atoms with E-state index in [4.69, 9.17) is 0 Å². The van der Waals surface area contributed by atoms with Crippen LogP contribution in [-0.4, -0.2) is 18.5 Å². The highest BCUT2D eigenvalue weighted by Gasteiger charge is 2.38. The van der Waals surface area contributed by atoms with Crippen LogP contribution < -0.4 is 9.47 Å². The molecule has 0 aliphatic rings. The normalized spacial score (nSPS) is 12.4. The molecule has 1 rings (SSSR count). The number of alkyl halides is 7. The molecule has 0 atom stereocenters. The fourth-order valence-electron chi connectivity index (χ4n) is 1.25. The van der Waals surface area contributed by atoms with E-state index in [9.17, 15) is 26.3 Å². The zero-order valence-electron chi connectivity index (χ0n) is 9.19. The summed E-state index contributed by atoms with van der Waals surface area (Å²) < 4.78 is 82.1. The van der Waals surface area contributed by atoms with Gasteiger partial charge in [-0.05, 0) is 0 Å². The second-order valence-corrected chi connectivity index (χ2v) is 3.74. The van der Waals surface area contributed by atoms with Crippen LogP contribution in [0.2, 0.25) is 0 Å². The molecule has 0 amide bonds. The maximum atomic E-state index is 12.7. The van der Waals surface area contributed by atoms with E-state index in [0.717, 1.165) is 7.11 Å². The molecule has 0 saturated heterocycles. The molecule has 0 aliphatic carbocycles. The molecule has 1 aromatic heterocycles. The average Bonchev–Trinajstić information content (AvgIpc) is 2.24. The van der Waals surface area contributed by atoms with E-state index < -0.39 is 35.4 Å². The second kappa shape index (κ2) is 5.43.